The van der Waals surface area contributed by atoms with Crippen LogP contribution in [0.15, 0.2) is 48.5 Å². The molecular weight excluding hydrogens is 284 g/mol. The molecule has 0 aliphatic carbocycles. The normalized spacial score (nSPS) is 10.4. The van der Waals surface area contributed by atoms with E-state index in [-0.39, 0.29) is 5.91 Å². The minimum absolute atomic E-state index is 0.00969. The molecular formula is C17H19ClN2O. The van der Waals surface area contributed by atoms with Gasteiger partial charge in [0, 0.05) is 18.1 Å². The SMILES string of the molecule is Cc1cc(CNCC(=O)NCc2ccccc2)ccc1Cl. The molecule has 3 nitrogen and oxygen atoms in total. The fourth-order valence-corrected chi connectivity index (χ4v) is 2.11. The minimum atomic E-state index is -0.00969. The topological polar surface area (TPSA) is 41.1 Å². The molecule has 0 radical (unpaired) electrons. The van der Waals surface area contributed by atoms with Crippen LogP contribution >= 0.6 is 11.6 Å². The van der Waals surface area contributed by atoms with Crippen molar-refractivity contribution in [3.8, 4) is 0 Å². The van der Waals surface area contributed by atoms with Crippen molar-refractivity contribution in [2.75, 3.05) is 6.54 Å². The first-order valence-corrected chi connectivity index (χ1v) is 7.29. The average molecular weight is 303 g/mol. The maximum Gasteiger partial charge on any atom is 0.234 e. The van der Waals surface area contributed by atoms with Crippen LogP contribution in [-0.2, 0) is 17.9 Å². The summed E-state index contributed by atoms with van der Waals surface area (Å²) in [6, 6.07) is 15.7. The van der Waals surface area contributed by atoms with E-state index in [1.807, 2.05) is 55.5 Å². The lowest BCUT2D eigenvalue weighted by Crippen LogP contribution is -2.33. The number of nitrogens with one attached hydrogen (secondary N) is 2. The number of carbonyl (C=O) groups excluding carboxylic acids is 1. The van der Waals surface area contributed by atoms with Gasteiger partial charge in [-0.25, -0.2) is 0 Å². The van der Waals surface area contributed by atoms with E-state index in [0.717, 1.165) is 21.7 Å². The summed E-state index contributed by atoms with van der Waals surface area (Å²) in [6.45, 7) is 3.48. The van der Waals surface area contributed by atoms with Gasteiger partial charge in [0.05, 0.1) is 6.54 Å². The van der Waals surface area contributed by atoms with Gasteiger partial charge >= 0.3 is 0 Å². The third-order valence-electron chi connectivity index (χ3n) is 3.17. The third-order valence-corrected chi connectivity index (χ3v) is 3.59. The number of hydrogen-bond acceptors (Lipinski definition) is 2. The van der Waals surface area contributed by atoms with Crippen molar-refractivity contribution < 1.29 is 4.79 Å². The third kappa shape index (κ3) is 5.21. The molecule has 1 amide bonds. The fraction of sp³-hybridized carbons (Fsp3) is 0.235. The van der Waals surface area contributed by atoms with Gasteiger partial charge in [0.25, 0.3) is 0 Å². The second kappa shape index (κ2) is 7.81. The number of benzene rings is 2. The van der Waals surface area contributed by atoms with Crippen LogP contribution in [0.2, 0.25) is 5.02 Å². The molecule has 0 atom stereocenters. The van der Waals surface area contributed by atoms with Crippen molar-refractivity contribution in [3.05, 3.63) is 70.2 Å². The molecule has 110 valence electrons. The van der Waals surface area contributed by atoms with Crippen molar-refractivity contribution in [2.45, 2.75) is 20.0 Å². The van der Waals surface area contributed by atoms with Crippen molar-refractivity contribution >= 4 is 17.5 Å². The zero-order valence-electron chi connectivity index (χ0n) is 12.0. The first-order valence-electron chi connectivity index (χ1n) is 6.91. The zero-order valence-corrected chi connectivity index (χ0v) is 12.8. The summed E-state index contributed by atoms with van der Waals surface area (Å²) >= 11 is 5.98. The lowest BCUT2D eigenvalue weighted by atomic mass is 10.1. The molecule has 0 aliphatic heterocycles. The number of aryl methyl sites for hydroxylation is 1. The van der Waals surface area contributed by atoms with E-state index in [1.54, 1.807) is 0 Å². The maximum absolute atomic E-state index is 11.7. The Morgan fingerprint density at radius 3 is 2.52 bits per heavy atom. The molecule has 0 unspecified atom stereocenters. The van der Waals surface area contributed by atoms with Crippen LogP contribution in [0.25, 0.3) is 0 Å². The molecule has 0 aromatic heterocycles. The Labute approximate surface area is 130 Å². The molecule has 21 heavy (non-hydrogen) atoms. The van der Waals surface area contributed by atoms with E-state index >= 15 is 0 Å². The van der Waals surface area contributed by atoms with E-state index in [1.165, 1.54) is 0 Å². The molecule has 2 aromatic carbocycles. The van der Waals surface area contributed by atoms with E-state index in [0.29, 0.717) is 19.6 Å². The Bertz CT molecular complexity index is 599. The monoisotopic (exact) mass is 302 g/mol. The molecule has 2 N–H and O–H groups in total. The molecule has 0 aliphatic rings. The Balaban J connectivity index is 1.70. The van der Waals surface area contributed by atoms with Crippen LogP contribution in [0, 0.1) is 6.92 Å². The quantitative estimate of drug-likeness (QED) is 0.861. The molecule has 4 heteroatoms. The number of halogens is 1. The number of amides is 1. The lowest BCUT2D eigenvalue weighted by Gasteiger charge is -2.08. The summed E-state index contributed by atoms with van der Waals surface area (Å²) in [5.41, 5.74) is 3.26. The van der Waals surface area contributed by atoms with Crippen LogP contribution in [0.1, 0.15) is 16.7 Å². The van der Waals surface area contributed by atoms with Gasteiger partial charge in [-0.2, -0.15) is 0 Å². The Hall–Kier alpha value is -1.84. The smallest absolute Gasteiger partial charge is 0.234 e. The second-order valence-corrected chi connectivity index (χ2v) is 5.36. The molecule has 0 bridgehead atoms. The number of rotatable bonds is 6. The standard InChI is InChI=1S/C17H19ClN2O/c1-13-9-15(7-8-16(13)18)10-19-12-17(21)20-11-14-5-3-2-4-6-14/h2-9,19H,10-12H2,1H3,(H,20,21). The first kappa shape index (κ1) is 15.5. The molecule has 0 saturated heterocycles. The van der Waals surface area contributed by atoms with Gasteiger partial charge in [0.2, 0.25) is 5.91 Å². The van der Waals surface area contributed by atoms with Crippen LogP contribution < -0.4 is 10.6 Å². The van der Waals surface area contributed by atoms with Gasteiger partial charge in [0.1, 0.15) is 0 Å². The predicted octanol–water partition coefficient (Wildman–Crippen LogP) is 3.05. The molecule has 2 rings (SSSR count). The highest BCUT2D eigenvalue weighted by Gasteiger charge is 2.02. The van der Waals surface area contributed by atoms with Gasteiger partial charge in [-0.05, 0) is 29.7 Å². The highest BCUT2D eigenvalue weighted by molar-refractivity contribution is 6.31. The van der Waals surface area contributed by atoms with Gasteiger partial charge in [0.15, 0.2) is 0 Å². The van der Waals surface area contributed by atoms with Gasteiger partial charge in [-0.15, -0.1) is 0 Å². The van der Waals surface area contributed by atoms with E-state index < -0.39 is 0 Å². The summed E-state index contributed by atoms with van der Waals surface area (Å²) < 4.78 is 0. The van der Waals surface area contributed by atoms with Crippen LogP contribution in [-0.4, -0.2) is 12.5 Å². The largest absolute Gasteiger partial charge is 0.351 e. The lowest BCUT2D eigenvalue weighted by molar-refractivity contribution is -0.120. The molecule has 0 fully saturated rings. The minimum Gasteiger partial charge on any atom is -0.351 e. The zero-order chi connectivity index (χ0) is 15.1. The van der Waals surface area contributed by atoms with Gasteiger partial charge in [-0.1, -0.05) is 54.1 Å². The van der Waals surface area contributed by atoms with Gasteiger partial charge in [-0.3, -0.25) is 4.79 Å². The van der Waals surface area contributed by atoms with E-state index in [2.05, 4.69) is 10.6 Å². The van der Waals surface area contributed by atoms with Crippen molar-refractivity contribution in [2.24, 2.45) is 0 Å². The summed E-state index contributed by atoms with van der Waals surface area (Å²) in [6.07, 6.45) is 0. The summed E-state index contributed by atoms with van der Waals surface area (Å²) in [5, 5.41) is 6.78. The molecule has 2 aromatic rings. The summed E-state index contributed by atoms with van der Waals surface area (Å²) in [4.78, 5) is 11.7. The highest BCUT2D eigenvalue weighted by atomic mass is 35.5. The number of carbonyl (C=O) groups is 1. The molecule has 0 saturated carbocycles. The highest BCUT2D eigenvalue weighted by Crippen LogP contribution is 2.15. The molecule has 0 spiro atoms. The first-order chi connectivity index (χ1) is 10.1. The molecule has 0 heterocycles. The Morgan fingerprint density at radius 1 is 1.05 bits per heavy atom. The van der Waals surface area contributed by atoms with Crippen molar-refractivity contribution in [1.29, 1.82) is 0 Å². The van der Waals surface area contributed by atoms with Crippen LogP contribution in [0.3, 0.4) is 0 Å². The van der Waals surface area contributed by atoms with Crippen LogP contribution in [0.5, 0.6) is 0 Å². The van der Waals surface area contributed by atoms with Crippen molar-refractivity contribution in [3.63, 3.8) is 0 Å². The maximum atomic E-state index is 11.7. The predicted molar refractivity (Wildman–Crippen MR) is 86.2 cm³/mol. The van der Waals surface area contributed by atoms with E-state index in [4.69, 9.17) is 11.6 Å². The van der Waals surface area contributed by atoms with Gasteiger partial charge < -0.3 is 10.6 Å². The Kier molecular flexibility index (Phi) is 5.78. The fourth-order valence-electron chi connectivity index (χ4n) is 2.00. The van der Waals surface area contributed by atoms with Crippen LogP contribution in [0.4, 0.5) is 0 Å². The average Bonchev–Trinajstić information content (AvgIpc) is 2.50. The summed E-state index contributed by atoms with van der Waals surface area (Å²) in [7, 11) is 0. The van der Waals surface area contributed by atoms with E-state index in [9.17, 15) is 4.79 Å². The summed E-state index contributed by atoms with van der Waals surface area (Å²) in [5.74, 6) is -0.00969. The second-order valence-electron chi connectivity index (χ2n) is 4.95. The Morgan fingerprint density at radius 2 is 1.81 bits per heavy atom. The van der Waals surface area contributed by atoms with Crippen molar-refractivity contribution in [1.82, 2.24) is 10.6 Å². The number of hydrogen-bond donors (Lipinski definition) is 2.